The van der Waals surface area contributed by atoms with Crippen molar-refractivity contribution in [1.29, 1.82) is 0 Å². The lowest BCUT2D eigenvalue weighted by Crippen LogP contribution is -2.00. The minimum Gasteiger partial charge on any atom is -0.0955 e. The van der Waals surface area contributed by atoms with E-state index < -0.39 is 0 Å². The third-order valence-corrected chi connectivity index (χ3v) is 2.03. The molecular weight excluding hydrogens is 96.1 g/mol. The minimum atomic E-state index is 1.26. The number of rotatable bonds is 0. The highest BCUT2D eigenvalue weighted by Crippen LogP contribution is 2.43. The second kappa shape index (κ2) is 1.25. The second-order valence-corrected chi connectivity index (χ2v) is 2.69. The van der Waals surface area contributed by atoms with Gasteiger partial charge in [-0.3, -0.25) is 0 Å². The van der Waals surface area contributed by atoms with Gasteiger partial charge in [-0.15, -0.1) is 0 Å². The Bertz CT molecular complexity index is 166. The molecule has 0 heterocycles. The van der Waals surface area contributed by atoms with Gasteiger partial charge in [0, 0.05) is 0 Å². The zero-order valence-electron chi connectivity index (χ0n) is 5.04. The second-order valence-electron chi connectivity index (χ2n) is 2.69. The molecule has 2 aliphatic rings. The lowest BCUT2D eigenvalue weighted by Gasteiger charge is -2.19. The summed E-state index contributed by atoms with van der Waals surface area (Å²) in [5.41, 5.74) is 4.73. The molecule has 0 N–H and O–H groups in total. The first-order chi connectivity index (χ1) is 3.88. The van der Waals surface area contributed by atoms with Crippen LogP contribution in [0.3, 0.4) is 0 Å². The van der Waals surface area contributed by atoms with Crippen molar-refractivity contribution < 1.29 is 0 Å². The van der Waals surface area contributed by atoms with E-state index in [1.807, 2.05) is 0 Å². The largest absolute Gasteiger partial charge is 0.0955 e. The van der Waals surface area contributed by atoms with Crippen LogP contribution in [0.2, 0.25) is 0 Å². The molecule has 0 aromatic carbocycles. The first-order valence-corrected chi connectivity index (χ1v) is 3.27. The molecule has 0 spiro atoms. The van der Waals surface area contributed by atoms with Crippen LogP contribution in [-0.4, -0.2) is 0 Å². The van der Waals surface area contributed by atoms with Gasteiger partial charge >= 0.3 is 0 Å². The summed E-state index contributed by atoms with van der Waals surface area (Å²) in [7, 11) is 0. The Kier molecular flexibility index (Phi) is 0.682. The maximum Gasteiger partial charge on any atom is -0.0236 e. The quantitative estimate of drug-likeness (QED) is 0.445. The summed E-state index contributed by atoms with van der Waals surface area (Å²) in [6.45, 7) is 3.95. The molecule has 8 heavy (non-hydrogen) atoms. The molecule has 2 rings (SSSR count). The molecule has 0 atom stereocenters. The predicted octanol–water partition coefficient (Wildman–Crippen LogP) is 2.43. The van der Waals surface area contributed by atoms with Gasteiger partial charge in [0.2, 0.25) is 0 Å². The molecule has 42 valence electrons. The van der Waals surface area contributed by atoms with Gasteiger partial charge in [0.25, 0.3) is 0 Å². The fraction of sp³-hybridized carbons (Fsp3) is 0.500. The summed E-state index contributed by atoms with van der Waals surface area (Å²) in [6.07, 6.45) is 5.33. The van der Waals surface area contributed by atoms with E-state index in [0.29, 0.717) is 0 Å². The van der Waals surface area contributed by atoms with Gasteiger partial charge in [-0.2, -0.15) is 0 Å². The summed E-state index contributed by atoms with van der Waals surface area (Å²) in [5.74, 6) is 0. The third kappa shape index (κ3) is 0.459. The van der Waals surface area contributed by atoms with Crippen LogP contribution in [0.4, 0.5) is 0 Å². The zero-order valence-corrected chi connectivity index (χ0v) is 5.04. The Balaban J connectivity index is 2.28. The third-order valence-electron chi connectivity index (χ3n) is 2.03. The van der Waals surface area contributed by atoms with E-state index >= 15 is 0 Å². The smallest absolute Gasteiger partial charge is 0.0236 e. The van der Waals surface area contributed by atoms with Crippen molar-refractivity contribution >= 4 is 0 Å². The van der Waals surface area contributed by atoms with E-state index in [9.17, 15) is 0 Å². The van der Waals surface area contributed by atoms with Gasteiger partial charge in [-0.05, 0) is 31.3 Å². The maximum atomic E-state index is 3.95. The van der Waals surface area contributed by atoms with E-state index in [1.165, 1.54) is 31.3 Å². The van der Waals surface area contributed by atoms with Crippen molar-refractivity contribution in [2.45, 2.75) is 25.7 Å². The van der Waals surface area contributed by atoms with Crippen LogP contribution in [0.15, 0.2) is 23.3 Å². The molecule has 0 radical (unpaired) electrons. The van der Waals surface area contributed by atoms with Crippen LogP contribution in [0.25, 0.3) is 0 Å². The molecule has 0 amide bonds. The number of hydrogen-bond acceptors (Lipinski definition) is 0. The predicted molar refractivity (Wildman–Crippen MR) is 34.6 cm³/mol. The molecule has 0 heteroatoms. The molecule has 0 unspecified atom stereocenters. The van der Waals surface area contributed by atoms with E-state index in [-0.39, 0.29) is 0 Å². The highest BCUT2D eigenvalue weighted by molar-refractivity contribution is 5.45. The molecule has 0 bridgehead atoms. The SMILES string of the molecule is C=C1CCC1=C1CC1. The molecular formula is C8H10. The zero-order chi connectivity index (χ0) is 5.56. The molecule has 0 aromatic heterocycles. The van der Waals surface area contributed by atoms with E-state index in [4.69, 9.17) is 0 Å². The Morgan fingerprint density at radius 3 is 1.88 bits per heavy atom. The van der Waals surface area contributed by atoms with Gasteiger partial charge < -0.3 is 0 Å². The van der Waals surface area contributed by atoms with Crippen LogP contribution < -0.4 is 0 Å². The number of hydrogen-bond donors (Lipinski definition) is 0. The molecule has 0 nitrogen and oxygen atoms in total. The topological polar surface area (TPSA) is 0 Å². The first kappa shape index (κ1) is 4.37. The van der Waals surface area contributed by atoms with Crippen molar-refractivity contribution in [3.8, 4) is 0 Å². The lowest BCUT2D eigenvalue weighted by atomic mass is 9.86. The minimum absolute atomic E-state index is 1.26. The van der Waals surface area contributed by atoms with Gasteiger partial charge in [-0.25, -0.2) is 0 Å². The highest BCUT2D eigenvalue weighted by Gasteiger charge is 2.24. The van der Waals surface area contributed by atoms with E-state index in [2.05, 4.69) is 6.58 Å². The standard InChI is InChI=1S/C8H10/c1-6-2-5-8(6)7-3-4-7/h1-5H2. The monoisotopic (exact) mass is 106 g/mol. The van der Waals surface area contributed by atoms with Crippen LogP contribution in [0.5, 0.6) is 0 Å². The highest BCUT2D eigenvalue weighted by atomic mass is 14.3. The Morgan fingerprint density at radius 2 is 1.75 bits per heavy atom. The van der Waals surface area contributed by atoms with Crippen molar-refractivity contribution in [3.63, 3.8) is 0 Å². The van der Waals surface area contributed by atoms with Gasteiger partial charge in [0.15, 0.2) is 0 Å². The summed E-state index contributed by atoms with van der Waals surface area (Å²) in [5, 5.41) is 0. The summed E-state index contributed by atoms with van der Waals surface area (Å²) in [6, 6.07) is 0. The molecule has 2 aliphatic carbocycles. The van der Waals surface area contributed by atoms with Crippen molar-refractivity contribution in [2.24, 2.45) is 0 Å². The van der Waals surface area contributed by atoms with Gasteiger partial charge in [0.1, 0.15) is 0 Å². The summed E-state index contributed by atoms with van der Waals surface area (Å²) >= 11 is 0. The molecule has 2 saturated carbocycles. The van der Waals surface area contributed by atoms with Crippen molar-refractivity contribution in [3.05, 3.63) is 23.3 Å². The van der Waals surface area contributed by atoms with Gasteiger partial charge in [0.05, 0.1) is 0 Å². The summed E-state index contributed by atoms with van der Waals surface area (Å²) in [4.78, 5) is 0. The van der Waals surface area contributed by atoms with Crippen LogP contribution >= 0.6 is 0 Å². The Morgan fingerprint density at radius 1 is 1.00 bits per heavy atom. The first-order valence-electron chi connectivity index (χ1n) is 3.27. The summed E-state index contributed by atoms with van der Waals surface area (Å²) < 4.78 is 0. The van der Waals surface area contributed by atoms with E-state index in [1.54, 1.807) is 11.1 Å². The average Bonchev–Trinajstić information content (AvgIpc) is 2.46. The van der Waals surface area contributed by atoms with Crippen LogP contribution in [0.1, 0.15) is 25.7 Å². The normalized spacial score (nSPS) is 25.8. The number of allylic oxidation sites excluding steroid dienone is 3. The Labute approximate surface area is 49.9 Å². The fourth-order valence-corrected chi connectivity index (χ4v) is 1.22. The Hall–Kier alpha value is -0.520. The van der Waals surface area contributed by atoms with Crippen LogP contribution in [-0.2, 0) is 0 Å². The fourth-order valence-electron chi connectivity index (χ4n) is 1.22. The lowest BCUT2D eigenvalue weighted by molar-refractivity contribution is 0.823. The molecule has 0 aliphatic heterocycles. The molecule has 0 saturated heterocycles. The molecule has 2 fully saturated rings. The van der Waals surface area contributed by atoms with Gasteiger partial charge in [-0.1, -0.05) is 17.7 Å². The molecule has 0 aromatic rings. The van der Waals surface area contributed by atoms with Crippen molar-refractivity contribution in [1.82, 2.24) is 0 Å². The van der Waals surface area contributed by atoms with E-state index in [0.717, 1.165) is 0 Å². The van der Waals surface area contributed by atoms with Crippen molar-refractivity contribution in [2.75, 3.05) is 0 Å². The average molecular weight is 106 g/mol. The van der Waals surface area contributed by atoms with Crippen LogP contribution in [0, 0.1) is 0 Å². The maximum absolute atomic E-state index is 3.95.